The van der Waals surface area contributed by atoms with Crippen LogP contribution < -0.4 is 29.9 Å². The normalized spacial score (nSPS) is 14.5. The van der Waals surface area contributed by atoms with Crippen LogP contribution in [0.25, 0.3) is 44.3 Å². The summed E-state index contributed by atoms with van der Waals surface area (Å²) in [6.45, 7) is 19.2. The second-order valence-corrected chi connectivity index (χ2v) is 19.7. The predicted octanol–water partition coefficient (Wildman–Crippen LogP) is 8.81. The number of aryl methyl sites for hydroxylation is 4. The molecule has 81 heavy (non-hydrogen) atoms. The summed E-state index contributed by atoms with van der Waals surface area (Å²) in [4.78, 5) is 68.3. The molecule has 2 aliphatic rings. The molecule has 410 valence electrons. The maximum Gasteiger partial charge on any atom is 0.246 e. The van der Waals surface area contributed by atoms with Crippen LogP contribution in [0.15, 0.2) is 123 Å². The van der Waals surface area contributed by atoms with Crippen molar-refractivity contribution in [3.8, 4) is 23.0 Å². The number of rotatable bonds is 12. The van der Waals surface area contributed by atoms with Gasteiger partial charge in [-0.1, -0.05) is 18.4 Å². The molecule has 0 unspecified atom stereocenters. The average Bonchev–Trinajstić information content (AvgIpc) is 4.05. The lowest BCUT2D eigenvalue weighted by Crippen LogP contribution is -2.53. The number of piperazine rings is 2. The van der Waals surface area contributed by atoms with Crippen LogP contribution in [0.3, 0.4) is 0 Å². The lowest BCUT2D eigenvalue weighted by molar-refractivity contribution is -0.128. The summed E-state index contributed by atoms with van der Waals surface area (Å²) < 4.78 is 31.3. The number of halogens is 1. The number of amides is 2. The first-order valence-electron chi connectivity index (χ1n) is 26.2. The van der Waals surface area contributed by atoms with Crippen LogP contribution in [0.2, 0.25) is 0 Å². The summed E-state index contributed by atoms with van der Waals surface area (Å²) in [5, 5.41) is 14.6. The van der Waals surface area contributed by atoms with E-state index in [1.807, 2.05) is 98.9 Å². The van der Waals surface area contributed by atoms with E-state index >= 15 is 4.39 Å². The highest BCUT2D eigenvalue weighted by Crippen LogP contribution is 2.36. The standard InChI is InChI=1S/C30H31N9O2.C28H26FN9O2/c1-6-27(40)39-12-11-38(15-19(39)3)26-10-8-22-28(36-26)29(32-16-31-22)35-21-7-9-24(18(2)13-21)41-25-14-23-30(34-20(25)4)37(5)17-33-23;1-4-25(39)38-13-11-37(12-14-38)24-10-7-20-27(33-24)28(31-16-30-20)32-19-6-9-23(17(2)26(19)29)40-18-5-8-22-21(15-18)34-35-36(22)3/h6-10,13-14,16-17,19H,1,11-12,15H2,2-5H3,(H,31,32,35);4-10,15-16H,1,11-14H2,2-3H3,(H,30,31,32)/t19-;/m1./s1. The van der Waals surface area contributed by atoms with Gasteiger partial charge in [-0.2, -0.15) is 0 Å². The van der Waals surface area contributed by atoms with Crippen molar-refractivity contribution in [2.24, 2.45) is 14.1 Å². The first kappa shape index (κ1) is 52.8. The largest absolute Gasteiger partial charge is 0.457 e. The fourth-order valence-corrected chi connectivity index (χ4v) is 9.83. The number of imidazole rings is 1. The number of aromatic nitrogens is 12. The number of carbonyl (C=O) groups excluding carboxylic acids is 2. The summed E-state index contributed by atoms with van der Waals surface area (Å²) >= 11 is 0. The number of ether oxygens (including phenoxy) is 2. The van der Waals surface area contributed by atoms with Gasteiger partial charge in [0.15, 0.2) is 28.8 Å². The summed E-state index contributed by atoms with van der Waals surface area (Å²) in [6, 6.07) is 24.2. The Labute approximate surface area is 464 Å². The highest BCUT2D eigenvalue weighted by atomic mass is 19.1. The number of nitrogens with zero attached hydrogens (tertiary/aromatic N) is 16. The Hall–Kier alpha value is -10.2. The highest BCUT2D eigenvalue weighted by Gasteiger charge is 2.28. The molecule has 2 amide bonds. The third-order valence-corrected chi connectivity index (χ3v) is 14.3. The molecule has 10 aromatic rings. The number of fused-ring (bicyclic) bond motifs is 4. The van der Waals surface area contributed by atoms with Crippen LogP contribution in [0.1, 0.15) is 23.7 Å². The van der Waals surface area contributed by atoms with Gasteiger partial charge in [0.25, 0.3) is 0 Å². The summed E-state index contributed by atoms with van der Waals surface area (Å²) in [7, 11) is 3.73. The Kier molecular flexibility index (Phi) is 14.5. The fraction of sp³-hybridized carbons (Fsp3) is 0.241. The number of carbonyl (C=O) groups is 2. The summed E-state index contributed by atoms with van der Waals surface area (Å²) in [6.07, 6.45) is 7.39. The second kappa shape index (κ2) is 22.3. The van der Waals surface area contributed by atoms with Crippen molar-refractivity contribution in [3.63, 3.8) is 0 Å². The monoisotopic (exact) mass is 1090 g/mol. The zero-order valence-corrected chi connectivity index (χ0v) is 45.5. The molecule has 0 bridgehead atoms. The Morgan fingerprint density at radius 1 is 0.667 bits per heavy atom. The van der Waals surface area contributed by atoms with E-state index in [0.717, 1.165) is 56.5 Å². The van der Waals surface area contributed by atoms with E-state index in [9.17, 15) is 9.59 Å². The quantitative estimate of drug-likeness (QED) is 0.109. The number of hydrogen-bond donors (Lipinski definition) is 2. The molecule has 23 heteroatoms. The topological polar surface area (TPSA) is 228 Å². The zero-order chi connectivity index (χ0) is 56.5. The van der Waals surface area contributed by atoms with Crippen molar-refractivity contribution in [1.29, 1.82) is 0 Å². The van der Waals surface area contributed by atoms with E-state index in [2.05, 4.69) is 73.8 Å². The van der Waals surface area contributed by atoms with Gasteiger partial charge in [0.2, 0.25) is 11.8 Å². The molecule has 0 aliphatic carbocycles. The Balaban J connectivity index is 0.000000170. The van der Waals surface area contributed by atoms with Crippen molar-refractivity contribution >= 4 is 90.7 Å². The maximum atomic E-state index is 15.5. The molecule has 12 rings (SSSR count). The van der Waals surface area contributed by atoms with Crippen LogP contribution in [0.4, 0.5) is 39.0 Å². The zero-order valence-electron chi connectivity index (χ0n) is 45.5. The number of benzene rings is 3. The highest BCUT2D eigenvalue weighted by molar-refractivity contribution is 5.91. The molecule has 0 spiro atoms. The summed E-state index contributed by atoms with van der Waals surface area (Å²) in [5.41, 5.74) is 8.87. The Morgan fingerprint density at radius 3 is 2.04 bits per heavy atom. The number of nitrogens with one attached hydrogen (secondary N) is 2. The molecule has 3 aromatic carbocycles. The summed E-state index contributed by atoms with van der Waals surface area (Å²) in [5.74, 6) is 4.27. The number of anilines is 6. The van der Waals surface area contributed by atoms with Crippen molar-refractivity contribution in [2.45, 2.75) is 33.7 Å². The Bertz CT molecular complexity index is 4080. The maximum absolute atomic E-state index is 15.5. The number of hydrogen-bond acceptors (Lipinski definition) is 18. The van der Waals surface area contributed by atoms with Gasteiger partial charge in [-0.15, -0.1) is 5.10 Å². The second-order valence-electron chi connectivity index (χ2n) is 19.7. The minimum Gasteiger partial charge on any atom is -0.457 e. The molecule has 2 saturated heterocycles. The molecule has 1 atom stereocenters. The first-order valence-corrected chi connectivity index (χ1v) is 26.2. The Morgan fingerprint density at radius 2 is 1.35 bits per heavy atom. The van der Waals surface area contributed by atoms with Gasteiger partial charge >= 0.3 is 0 Å². The molecule has 0 radical (unpaired) electrons. The third-order valence-electron chi connectivity index (χ3n) is 14.3. The smallest absolute Gasteiger partial charge is 0.246 e. The molecule has 22 nitrogen and oxygen atoms in total. The van der Waals surface area contributed by atoms with Crippen LogP contribution in [-0.2, 0) is 23.7 Å². The molecule has 9 heterocycles. The number of pyridine rings is 3. The van der Waals surface area contributed by atoms with E-state index in [4.69, 9.17) is 19.4 Å². The molecule has 2 N–H and O–H groups in total. The van der Waals surface area contributed by atoms with Gasteiger partial charge in [0.05, 0.1) is 34.3 Å². The first-order chi connectivity index (χ1) is 39.2. The predicted molar refractivity (Wildman–Crippen MR) is 308 cm³/mol. The molecule has 0 saturated carbocycles. The van der Waals surface area contributed by atoms with Crippen molar-refractivity contribution in [2.75, 3.05) is 66.2 Å². The molecule has 2 aliphatic heterocycles. The van der Waals surface area contributed by atoms with Crippen molar-refractivity contribution in [3.05, 3.63) is 146 Å². The minimum atomic E-state index is -0.469. The van der Waals surface area contributed by atoms with E-state index in [0.29, 0.717) is 102 Å². The lowest BCUT2D eigenvalue weighted by atomic mass is 10.1. The average molecular weight is 1090 g/mol. The lowest BCUT2D eigenvalue weighted by Gasteiger charge is -2.40. The molecule has 7 aromatic heterocycles. The fourth-order valence-electron chi connectivity index (χ4n) is 9.83. The van der Waals surface area contributed by atoms with Crippen molar-refractivity contribution < 1.29 is 23.5 Å². The van der Waals surface area contributed by atoms with Crippen molar-refractivity contribution in [1.82, 2.24) is 69.2 Å². The van der Waals surface area contributed by atoms with Gasteiger partial charge in [-0.05, 0) is 112 Å². The van der Waals surface area contributed by atoms with E-state index in [1.165, 1.54) is 24.8 Å². The van der Waals surface area contributed by atoms with Gasteiger partial charge in [0.1, 0.15) is 63.6 Å². The van der Waals surface area contributed by atoms with Gasteiger partial charge in [-0.25, -0.2) is 48.9 Å². The van der Waals surface area contributed by atoms with Gasteiger partial charge in [-0.3, -0.25) is 9.59 Å². The van der Waals surface area contributed by atoms with Gasteiger partial charge in [0, 0.05) is 89.3 Å². The van der Waals surface area contributed by atoms with Crippen LogP contribution in [0.5, 0.6) is 23.0 Å². The van der Waals surface area contributed by atoms with Crippen LogP contribution in [0, 0.1) is 26.6 Å². The van der Waals surface area contributed by atoms with E-state index in [-0.39, 0.29) is 23.5 Å². The molecular weight excluding hydrogens is 1030 g/mol. The van der Waals surface area contributed by atoms with Crippen LogP contribution >= 0.6 is 0 Å². The molecular formula is C58H57FN18O4. The van der Waals surface area contributed by atoms with Gasteiger partial charge < -0.3 is 44.3 Å². The minimum absolute atomic E-state index is 0.0451. The molecule has 2 fully saturated rings. The SMILES string of the molecule is C=CC(=O)N1CCN(c2ccc3ncnc(Nc4ccc(Oc5cc6ncn(C)c6nc5C)c(C)c4)c3n2)C[C@H]1C.C=CC(=O)N1CCN(c2ccc3ncnc(Nc4ccc(Oc5ccc6c(c5)nnn6C)c(C)c4F)c3n2)CC1. The van der Waals surface area contributed by atoms with E-state index < -0.39 is 5.82 Å². The van der Waals surface area contributed by atoms with E-state index in [1.54, 1.807) is 47.1 Å². The third kappa shape index (κ3) is 10.9. The van der Waals surface area contributed by atoms with Crippen LogP contribution in [-0.4, -0.2) is 133 Å².